The Hall–Kier alpha value is -1.20. The average molecular weight is 261 g/mol. The fourth-order valence-corrected chi connectivity index (χ4v) is 2.80. The molecular formula is C14H23N5. The third-order valence-electron chi connectivity index (χ3n) is 4.13. The second-order valence-electron chi connectivity index (χ2n) is 5.45. The molecule has 0 amide bonds. The molecule has 0 aromatic carbocycles. The Kier molecular flexibility index (Phi) is 3.94. The third kappa shape index (κ3) is 2.87. The molecule has 5 nitrogen and oxygen atoms in total. The molecule has 0 unspecified atom stereocenters. The van der Waals surface area contributed by atoms with Crippen LogP contribution in [0.15, 0.2) is 12.4 Å². The second kappa shape index (κ2) is 5.84. The Balaban J connectivity index is 1.59. The Morgan fingerprint density at radius 1 is 1.21 bits per heavy atom. The summed E-state index contributed by atoms with van der Waals surface area (Å²) in [5, 5.41) is 3.35. The topological polar surface area (TPSA) is 44.3 Å². The van der Waals surface area contributed by atoms with Gasteiger partial charge in [-0.1, -0.05) is 13.3 Å². The summed E-state index contributed by atoms with van der Waals surface area (Å²) in [5.41, 5.74) is 1.16. The normalized spacial score (nSPS) is 21.4. The molecule has 0 saturated carbocycles. The van der Waals surface area contributed by atoms with Crippen LogP contribution in [0, 0.1) is 0 Å². The number of nitrogens with zero attached hydrogens (tertiary/aromatic N) is 4. The lowest BCUT2D eigenvalue weighted by Crippen LogP contribution is -2.61. The fraction of sp³-hybridized carbons (Fsp3) is 0.714. The van der Waals surface area contributed by atoms with Gasteiger partial charge in [-0.3, -0.25) is 4.90 Å². The first-order valence-electron chi connectivity index (χ1n) is 7.37. The van der Waals surface area contributed by atoms with Crippen LogP contribution in [-0.2, 0) is 6.42 Å². The Morgan fingerprint density at radius 2 is 2.00 bits per heavy atom. The lowest BCUT2D eigenvalue weighted by Gasteiger charge is -2.43. The number of aromatic nitrogens is 2. The van der Waals surface area contributed by atoms with Gasteiger partial charge in [0.15, 0.2) is 0 Å². The smallest absolute Gasteiger partial charge is 0.132 e. The van der Waals surface area contributed by atoms with Gasteiger partial charge in [0.05, 0.1) is 0 Å². The number of hydrogen-bond acceptors (Lipinski definition) is 5. The number of piperazine rings is 1. The van der Waals surface area contributed by atoms with Crippen LogP contribution in [0.25, 0.3) is 0 Å². The van der Waals surface area contributed by atoms with Gasteiger partial charge in [0, 0.05) is 57.1 Å². The summed E-state index contributed by atoms with van der Waals surface area (Å²) in [5.74, 6) is 1.10. The fourth-order valence-electron chi connectivity index (χ4n) is 2.80. The molecule has 104 valence electrons. The number of rotatable bonds is 4. The number of hydrogen-bond donors (Lipinski definition) is 1. The molecule has 0 spiro atoms. The molecule has 2 aliphatic rings. The summed E-state index contributed by atoms with van der Waals surface area (Å²) in [4.78, 5) is 13.8. The maximum atomic E-state index is 4.43. The monoisotopic (exact) mass is 261 g/mol. The van der Waals surface area contributed by atoms with Crippen LogP contribution >= 0.6 is 0 Å². The summed E-state index contributed by atoms with van der Waals surface area (Å²) in [6.45, 7) is 8.98. The van der Waals surface area contributed by atoms with Crippen LogP contribution in [-0.4, -0.2) is 60.2 Å². The highest BCUT2D eigenvalue weighted by molar-refractivity contribution is 5.39. The Morgan fingerprint density at radius 3 is 2.63 bits per heavy atom. The molecule has 2 aliphatic heterocycles. The largest absolute Gasteiger partial charge is 0.354 e. The Labute approximate surface area is 115 Å². The maximum absolute atomic E-state index is 4.43. The SMILES string of the molecule is CCCc1cc(N2CCN(C3CNC3)CC2)ncn1. The summed E-state index contributed by atoms with van der Waals surface area (Å²) < 4.78 is 0. The van der Waals surface area contributed by atoms with E-state index in [0.29, 0.717) is 0 Å². The van der Waals surface area contributed by atoms with E-state index in [4.69, 9.17) is 0 Å². The van der Waals surface area contributed by atoms with Crippen LogP contribution in [0.4, 0.5) is 5.82 Å². The first-order valence-corrected chi connectivity index (χ1v) is 7.37. The van der Waals surface area contributed by atoms with Gasteiger partial charge in [-0.2, -0.15) is 0 Å². The molecule has 2 saturated heterocycles. The van der Waals surface area contributed by atoms with Crippen LogP contribution < -0.4 is 10.2 Å². The minimum Gasteiger partial charge on any atom is -0.354 e. The molecule has 0 aliphatic carbocycles. The van der Waals surface area contributed by atoms with Crippen molar-refractivity contribution < 1.29 is 0 Å². The summed E-state index contributed by atoms with van der Waals surface area (Å²) in [6, 6.07) is 2.92. The van der Waals surface area contributed by atoms with Gasteiger partial charge in [-0.15, -0.1) is 0 Å². The molecule has 1 aromatic rings. The number of anilines is 1. The van der Waals surface area contributed by atoms with Crippen molar-refractivity contribution in [2.45, 2.75) is 25.8 Å². The molecule has 1 N–H and O–H groups in total. The van der Waals surface area contributed by atoms with E-state index in [1.807, 2.05) is 0 Å². The van der Waals surface area contributed by atoms with Crippen molar-refractivity contribution >= 4 is 5.82 Å². The van der Waals surface area contributed by atoms with Gasteiger partial charge in [0.1, 0.15) is 12.1 Å². The molecule has 1 aromatic heterocycles. The van der Waals surface area contributed by atoms with Gasteiger partial charge in [0.2, 0.25) is 0 Å². The quantitative estimate of drug-likeness (QED) is 0.856. The highest BCUT2D eigenvalue weighted by Crippen LogP contribution is 2.16. The van der Waals surface area contributed by atoms with E-state index in [9.17, 15) is 0 Å². The van der Waals surface area contributed by atoms with Crippen LogP contribution in [0.3, 0.4) is 0 Å². The molecule has 0 radical (unpaired) electrons. The highest BCUT2D eigenvalue weighted by Gasteiger charge is 2.27. The maximum Gasteiger partial charge on any atom is 0.132 e. The van der Waals surface area contributed by atoms with Gasteiger partial charge in [-0.25, -0.2) is 9.97 Å². The molecule has 2 fully saturated rings. The van der Waals surface area contributed by atoms with Gasteiger partial charge in [-0.05, 0) is 6.42 Å². The van der Waals surface area contributed by atoms with E-state index >= 15 is 0 Å². The zero-order chi connectivity index (χ0) is 13.1. The number of nitrogens with one attached hydrogen (secondary N) is 1. The van der Waals surface area contributed by atoms with Crippen molar-refractivity contribution in [3.63, 3.8) is 0 Å². The van der Waals surface area contributed by atoms with Crippen LogP contribution in [0.2, 0.25) is 0 Å². The average Bonchev–Trinajstić information content (AvgIpc) is 2.38. The van der Waals surface area contributed by atoms with Gasteiger partial charge >= 0.3 is 0 Å². The molecule has 0 bridgehead atoms. The minimum absolute atomic E-state index is 0.767. The second-order valence-corrected chi connectivity index (χ2v) is 5.45. The van der Waals surface area contributed by atoms with E-state index in [-0.39, 0.29) is 0 Å². The van der Waals surface area contributed by atoms with Crippen molar-refractivity contribution in [1.82, 2.24) is 20.2 Å². The molecular weight excluding hydrogens is 238 g/mol. The lowest BCUT2D eigenvalue weighted by molar-refractivity contribution is 0.137. The first-order chi connectivity index (χ1) is 9.36. The lowest BCUT2D eigenvalue weighted by atomic mass is 10.1. The van der Waals surface area contributed by atoms with Crippen LogP contribution in [0.1, 0.15) is 19.0 Å². The third-order valence-corrected chi connectivity index (χ3v) is 4.13. The van der Waals surface area contributed by atoms with E-state index in [1.165, 1.54) is 0 Å². The predicted octanol–water partition coefficient (Wildman–Crippen LogP) is 0.523. The van der Waals surface area contributed by atoms with E-state index in [0.717, 1.165) is 69.7 Å². The van der Waals surface area contributed by atoms with Gasteiger partial charge in [0.25, 0.3) is 0 Å². The predicted molar refractivity (Wildman–Crippen MR) is 76.5 cm³/mol. The number of aryl methyl sites for hydroxylation is 1. The van der Waals surface area contributed by atoms with E-state index < -0.39 is 0 Å². The van der Waals surface area contributed by atoms with Crippen molar-refractivity contribution in [1.29, 1.82) is 0 Å². The summed E-state index contributed by atoms with van der Waals surface area (Å²) in [7, 11) is 0. The van der Waals surface area contributed by atoms with E-state index in [2.05, 4.69) is 38.1 Å². The van der Waals surface area contributed by atoms with Crippen molar-refractivity contribution in [3.05, 3.63) is 18.1 Å². The van der Waals surface area contributed by atoms with E-state index in [1.54, 1.807) is 6.33 Å². The van der Waals surface area contributed by atoms with Crippen LogP contribution in [0.5, 0.6) is 0 Å². The molecule has 3 rings (SSSR count). The standard InChI is InChI=1S/C14H23N5/c1-2-3-12-8-14(17-11-16-12)19-6-4-18(5-7-19)13-9-15-10-13/h8,11,13,15H,2-7,9-10H2,1H3. The molecule has 0 atom stereocenters. The first kappa shape index (κ1) is 12.8. The van der Waals surface area contributed by atoms with Crippen molar-refractivity contribution in [2.24, 2.45) is 0 Å². The summed E-state index contributed by atoms with van der Waals surface area (Å²) in [6.07, 6.45) is 3.89. The highest BCUT2D eigenvalue weighted by atomic mass is 15.3. The van der Waals surface area contributed by atoms with Crippen molar-refractivity contribution in [2.75, 3.05) is 44.2 Å². The summed E-state index contributed by atoms with van der Waals surface area (Å²) >= 11 is 0. The zero-order valence-electron chi connectivity index (χ0n) is 11.7. The zero-order valence-corrected chi connectivity index (χ0v) is 11.7. The Bertz CT molecular complexity index is 410. The molecule has 3 heterocycles. The minimum atomic E-state index is 0.767. The molecule has 19 heavy (non-hydrogen) atoms. The van der Waals surface area contributed by atoms with Gasteiger partial charge < -0.3 is 10.2 Å². The molecule has 5 heteroatoms. The van der Waals surface area contributed by atoms with Crippen molar-refractivity contribution in [3.8, 4) is 0 Å².